The van der Waals surface area contributed by atoms with Gasteiger partial charge in [0, 0.05) is 28.8 Å². The number of carbonyl (C=O) groups excluding carboxylic acids is 1. The third-order valence-corrected chi connectivity index (χ3v) is 5.16. The van der Waals surface area contributed by atoms with Gasteiger partial charge in [-0.15, -0.1) is 0 Å². The van der Waals surface area contributed by atoms with Gasteiger partial charge in [-0.05, 0) is 38.8 Å². The minimum absolute atomic E-state index is 0.127. The first-order valence-corrected chi connectivity index (χ1v) is 10.1. The fourth-order valence-corrected chi connectivity index (χ4v) is 2.95. The monoisotopic (exact) mass is 454 g/mol. The zero-order chi connectivity index (χ0) is 23.8. The SMILES string of the molecule is C=C1C(C(F)(F)F)=CC(c2ccoc2)=CN1/C(Cl)=C(\C)C(C)=O.CCCC(C#N)CC. The standard InChI is InChI=1S/C16H13ClF3NO2.C7H13N/c1-9(11(3)22)15(17)21-7-13(12-4-5-23-8-12)6-14(10(21)2)16(18,19)20;1-3-5-7(4-2)6-8/h4-8H,2H2,1,3H3;7H,3-5H2,1-2H3/b15-9+;. The average Bonchev–Trinajstić information content (AvgIpc) is 3.25. The number of nitrogens with zero attached hydrogens (tertiary/aromatic N) is 2. The Balaban J connectivity index is 0.000000512. The van der Waals surface area contributed by atoms with Crippen molar-refractivity contribution in [2.24, 2.45) is 5.92 Å². The summed E-state index contributed by atoms with van der Waals surface area (Å²) in [5.74, 6) is -0.0378. The predicted octanol–water partition coefficient (Wildman–Crippen LogP) is 7.33. The van der Waals surface area contributed by atoms with Crippen LogP contribution in [0.1, 0.15) is 52.5 Å². The van der Waals surface area contributed by atoms with Crippen molar-refractivity contribution in [3.63, 3.8) is 0 Å². The second-order valence-electron chi connectivity index (χ2n) is 6.96. The number of hydrogen-bond donors (Lipinski definition) is 0. The molecule has 4 nitrogen and oxygen atoms in total. The lowest BCUT2D eigenvalue weighted by Crippen LogP contribution is -2.26. The Kier molecular flexibility index (Phi) is 9.86. The van der Waals surface area contributed by atoms with E-state index in [1.54, 1.807) is 0 Å². The molecular formula is C23H26ClF3N2O2. The van der Waals surface area contributed by atoms with E-state index in [4.69, 9.17) is 21.3 Å². The Hall–Kier alpha value is -2.72. The van der Waals surface area contributed by atoms with Crippen molar-refractivity contribution in [3.05, 3.63) is 65.0 Å². The van der Waals surface area contributed by atoms with Crippen molar-refractivity contribution >= 4 is 23.0 Å². The molecule has 1 aromatic rings. The van der Waals surface area contributed by atoms with E-state index >= 15 is 0 Å². The summed E-state index contributed by atoms with van der Waals surface area (Å²) < 4.78 is 44.7. The highest BCUT2D eigenvalue weighted by Gasteiger charge is 2.39. The van der Waals surface area contributed by atoms with Crippen LogP contribution in [0.3, 0.4) is 0 Å². The number of ketones is 1. The fraction of sp³-hybridized carbons (Fsp3) is 0.391. The molecule has 1 aromatic heterocycles. The van der Waals surface area contributed by atoms with Gasteiger partial charge in [0.15, 0.2) is 5.78 Å². The fourth-order valence-electron chi connectivity index (χ4n) is 2.66. The second-order valence-corrected chi connectivity index (χ2v) is 7.32. The van der Waals surface area contributed by atoms with Crippen molar-refractivity contribution in [2.45, 2.75) is 53.1 Å². The maximum absolute atomic E-state index is 13.3. The van der Waals surface area contributed by atoms with E-state index in [0.717, 1.165) is 30.2 Å². The van der Waals surface area contributed by atoms with E-state index in [1.165, 1.54) is 38.6 Å². The summed E-state index contributed by atoms with van der Waals surface area (Å²) in [4.78, 5) is 12.5. The highest BCUT2D eigenvalue weighted by atomic mass is 35.5. The maximum atomic E-state index is 13.3. The van der Waals surface area contributed by atoms with Gasteiger partial charge in [-0.3, -0.25) is 4.79 Å². The molecule has 0 N–H and O–H groups in total. The first-order valence-electron chi connectivity index (χ1n) is 9.76. The zero-order valence-electron chi connectivity index (χ0n) is 18.0. The number of nitriles is 1. The normalized spacial score (nSPS) is 15.7. The molecule has 8 heteroatoms. The minimum Gasteiger partial charge on any atom is -0.472 e. The quantitative estimate of drug-likeness (QED) is 0.333. The molecule has 2 heterocycles. The van der Waals surface area contributed by atoms with Gasteiger partial charge in [-0.1, -0.05) is 38.4 Å². The van der Waals surface area contributed by atoms with E-state index in [9.17, 15) is 18.0 Å². The Morgan fingerprint density at radius 3 is 2.39 bits per heavy atom. The molecule has 1 atom stereocenters. The molecule has 1 aliphatic rings. The number of Topliss-reactive ketones (excluding diaryl/α,β-unsaturated/α-hetero) is 1. The minimum atomic E-state index is -4.61. The van der Waals surface area contributed by atoms with Gasteiger partial charge in [0.05, 0.1) is 29.9 Å². The maximum Gasteiger partial charge on any atom is 0.418 e. The molecule has 0 aliphatic carbocycles. The number of furan rings is 1. The highest BCUT2D eigenvalue weighted by molar-refractivity contribution is 6.31. The van der Waals surface area contributed by atoms with Gasteiger partial charge >= 0.3 is 6.18 Å². The average molecular weight is 455 g/mol. The van der Waals surface area contributed by atoms with Crippen LogP contribution >= 0.6 is 11.6 Å². The number of halogens is 4. The van der Waals surface area contributed by atoms with Crippen molar-refractivity contribution in [1.29, 1.82) is 5.26 Å². The van der Waals surface area contributed by atoms with Crippen LogP contribution in [-0.4, -0.2) is 16.9 Å². The van der Waals surface area contributed by atoms with E-state index in [-0.39, 0.29) is 27.8 Å². The van der Waals surface area contributed by atoms with Crippen LogP contribution in [0.15, 0.2) is 63.9 Å². The summed E-state index contributed by atoms with van der Waals surface area (Å²) in [7, 11) is 0. The van der Waals surface area contributed by atoms with Crippen LogP contribution in [-0.2, 0) is 4.79 Å². The van der Waals surface area contributed by atoms with E-state index in [2.05, 4.69) is 26.5 Å². The molecule has 0 bridgehead atoms. The molecule has 0 saturated carbocycles. The van der Waals surface area contributed by atoms with Gasteiger partial charge in [0.1, 0.15) is 5.16 Å². The van der Waals surface area contributed by atoms with Crippen LogP contribution in [0.5, 0.6) is 0 Å². The smallest absolute Gasteiger partial charge is 0.418 e. The number of allylic oxidation sites excluding steroid dienone is 4. The molecule has 0 radical (unpaired) electrons. The summed E-state index contributed by atoms with van der Waals surface area (Å²) in [6.07, 6.45) is 3.61. The molecule has 0 amide bonds. The van der Waals surface area contributed by atoms with Crippen LogP contribution in [0, 0.1) is 17.2 Å². The molecule has 31 heavy (non-hydrogen) atoms. The largest absolute Gasteiger partial charge is 0.472 e. The van der Waals surface area contributed by atoms with Crippen LogP contribution < -0.4 is 0 Å². The topological polar surface area (TPSA) is 57.2 Å². The highest BCUT2D eigenvalue weighted by Crippen LogP contribution is 2.40. The van der Waals surface area contributed by atoms with Crippen molar-refractivity contribution in [2.75, 3.05) is 0 Å². The summed E-state index contributed by atoms with van der Waals surface area (Å²) in [5, 5.41) is 8.28. The van der Waals surface area contributed by atoms with Crippen LogP contribution in [0.2, 0.25) is 0 Å². The first kappa shape index (κ1) is 26.3. The van der Waals surface area contributed by atoms with Crippen LogP contribution in [0.4, 0.5) is 13.2 Å². The van der Waals surface area contributed by atoms with E-state index in [0.29, 0.717) is 11.5 Å². The molecular weight excluding hydrogens is 429 g/mol. The lowest BCUT2D eigenvalue weighted by Gasteiger charge is -2.30. The number of rotatable bonds is 6. The summed E-state index contributed by atoms with van der Waals surface area (Å²) >= 11 is 6.10. The summed E-state index contributed by atoms with van der Waals surface area (Å²) in [6, 6.07) is 3.78. The molecule has 0 fully saturated rings. The lowest BCUT2D eigenvalue weighted by atomic mass is 10.0. The lowest BCUT2D eigenvalue weighted by molar-refractivity contribution is -0.113. The Morgan fingerprint density at radius 1 is 1.35 bits per heavy atom. The van der Waals surface area contributed by atoms with Crippen molar-refractivity contribution in [3.8, 4) is 6.07 Å². The van der Waals surface area contributed by atoms with Crippen LogP contribution in [0.25, 0.3) is 5.57 Å². The third-order valence-electron chi connectivity index (χ3n) is 4.69. The van der Waals surface area contributed by atoms with E-state index in [1.807, 2.05) is 0 Å². The molecule has 1 unspecified atom stereocenters. The Labute approximate surface area is 186 Å². The Bertz CT molecular complexity index is 920. The van der Waals surface area contributed by atoms with Gasteiger partial charge in [-0.2, -0.15) is 18.4 Å². The molecule has 0 spiro atoms. The third kappa shape index (κ3) is 7.18. The number of carbonyl (C=O) groups is 1. The number of alkyl halides is 3. The second kappa shape index (κ2) is 11.6. The van der Waals surface area contributed by atoms with Gasteiger partial charge in [-0.25, -0.2) is 0 Å². The van der Waals surface area contributed by atoms with Gasteiger partial charge in [0.2, 0.25) is 0 Å². The van der Waals surface area contributed by atoms with Gasteiger partial charge in [0.25, 0.3) is 0 Å². The molecule has 2 rings (SSSR count). The van der Waals surface area contributed by atoms with Gasteiger partial charge < -0.3 is 9.32 Å². The van der Waals surface area contributed by atoms with E-state index < -0.39 is 11.7 Å². The Morgan fingerprint density at radius 2 is 2.00 bits per heavy atom. The predicted molar refractivity (Wildman–Crippen MR) is 115 cm³/mol. The molecule has 1 aliphatic heterocycles. The molecule has 0 aromatic carbocycles. The summed E-state index contributed by atoms with van der Waals surface area (Å²) in [5.41, 5.74) is -0.456. The number of hydrogen-bond acceptors (Lipinski definition) is 4. The zero-order valence-corrected chi connectivity index (χ0v) is 18.8. The summed E-state index contributed by atoms with van der Waals surface area (Å²) in [6.45, 7) is 10.4. The van der Waals surface area contributed by atoms with Crippen molar-refractivity contribution < 1.29 is 22.4 Å². The molecule has 168 valence electrons. The van der Waals surface area contributed by atoms with Crippen molar-refractivity contribution in [1.82, 2.24) is 4.90 Å². The first-order chi connectivity index (χ1) is 14.5. The molecule has 0 saturated heterocycles.